The van der Waals surface area contributed by atoms with Gasteiger partial charge >= 0.3 is 0 Å². The van der Waals surface area contributed by atoms with Crippen molar-refractivity contribution in [3.05, 3.63) is 29.8 Å². The second-order valence-corrected chi connectivity index (χ2v) is 3.67. The summed E-state index contributed by atoms with van der Waals surface area (Å²) in [6, 6.07) is 8.41. The Bertz CT molecular complexity index is 271. The maximum Gasteiger partial charge on any atom is 0.0661 e. The number of hydrogen-bond donors (Lipinski definition) is 2. The van der Waals surface area contributed by atoms with Crippen LogP contribution in [0.25, 0.3) is 0 Å². The van der Waals surface area contributed by atoms with Crippen LogP contribution in [0.4, 0.5) is 5.69 Å². The first kappa shape index (κ1) is 12.0. The van der Waals surface area contributed by atoms with Gasteiger partial charge < -0.3 is 15.2 Å². The Hall–Kier alpha value is -1.06. The van der Waals surface area contributed by atoms with Gasteiger partial charge in [-0.2, -0.15) is 0 Å². The molecule has 3 nitrogen and oxygen atoms in total. The molecule has 0 saturated heterocycles. The summed E-state index contributed by atoms with van der Waals surface area (Å²) in [5, 5.41) is 12.1. The van der Waals surface area contributed by atoms with Crippen molar-refractivity contribution in [2.75, 3.05) is 25.6 Å². The van der Waals surface area contributed by atoms with E-state index in [0.29, 0.717) is 19.1 Å². The fourth-order valence-corrected chi connectivity index (χ4v) is 1.47. The number of aliphatic hydroxyl groups excluding tert-OH is 1. The number of ether oxygens (including phenoxy) is 1. The molecule has 84 valence electrons. The molecule has 15 heavy (non-hydrogen) atoms. The Morgan fingerprint density at radius 1 is 1.33 bits per heavy atom. The molecule has 2 N–H and O–H groups in total. The number of aliphatic hydroxyl groups is 1. The molecule has 0 heterocycles. The third-order valence-corrected chi connectivity index (χ3v) is 2.18. The average molecular weight is 209 g/mol. The largest absolute Gasteiger partial charge is 0.396 e. The van der Waals surface area contributed by atoms with Crippen LogP contribution in [0.15, 0.2) is 24.3 Å². The predicted octanol–water partition coefficient (Wildman–Crippen LogP) is 1.67. The molecule has 1 atom stereocenters. The smallest absolute Gasteiger partial charge is 0.0661 e. The van der Waals surface area contributed by atoms with Crippen LogP contribution in [0.5, 0.6) is 0 Å². The normalized spacial score (nSPS) is 12.5. The highest BCUT2D eigenvalue weighted by molar-refractivity contribution is 5.45. The summed E-state index contributed by atoms with van der Waals surface area (Å²) in [6.07, 6.45) is 0.716. The number of benzene rings is 1. The molecular formula is C12H19NO2. The van der Waals surface area contributed by atoms with Crippen molar-refractivity contribution in [1.29, 1.82) is 0 Å². The number of hydrogen-bond acceptors (Lipinski definition) is 3. The van der Waals surface area contributed by atoms with E-state index in [9.17, 15) is 0 Å². The van der Waals surface area contributed by atoms with Gasteiger partial charge in [-0.1, -0.05) is 12.1 Å². The van der Waals surface area contributed by atoms with Gasteiger partial charge in [0.2, 0.25) is 0 Å². The Morgan fingerprint density at radius 2 is 2.00 bits per heavy atom. The minimum absolute atomic E-state index is 0.201. The van der Waals surface area contributed by atoms with E-state index in [1.807, 2.05) is 24.3 Å². The summed E-state index contributed by atoms with van der Waals surface area (Å²) in [4.78, 5) is 0. The van der Waals surface area contributed by atoms with Crippen molar-refractivity contribution in [1.82, 2.24) is 0 Å². The van der Waals surface area contributed by atoms with E-state index in [-0.39, 0.29) is 6.61 Å². The van der Waals surface area contributed by atoms with E-state index in [1.54, 1.807) is 7.11 Å². The van der Waals surface area contributed by atoms with E-state index in [0.717, 1.165) is 11.3 Å². The molecule has 1 rings (SSSR count). The van der Waals surface area contributed by atoms with Gasteiger partial charge in [0, 0.05) is 25.4 Å². The summed E-state index contributed by atoms with van der Waals surface area (Å²) in [5.41, 5.74) is 2.24. The predicted molar refractivity (Wildman–Crippen MR) is 62.2 cm³/mol. The van der Waals surface area contributed by atoms with Gasteiger partial charge in [0.15, 0.2) is 0 Å². The summed E-state index contributed by atoms with van der Waals surface area (Å²) in [5.74, 6) is 0. The number of anilines is 1. The van der Waals surface area contributed by atoms with Crippen LogP contribution in [-0.4, -0.2) is 31.5 Å². The number of nitrogens with one attached hydrogen (secondary N) is 1. The first-order valence-electron chi connectivity index (χ1n) is 5.21. The maximum atomic E-state index is 8.77. The number of rotatable bonds is 6. The zero-order valence-corrected chi connectivity index (χ0v) is 9.36. The monoisotopic (exact) mass is 209 g/mol. The molecule has 0 spiro atoms. The third-order valence-electron chi connectivity index (χ3n) is 2.18. The van der Waals surface area contributed by atoms with Gasteiger partial charge in [-0.05, 0) is 31.0 Å². The van der Waals surface area contributed by atoms with E-state index in [2.05, 4.69) is 12.2 Å². The van der Waals surface area contributed by atoms with Gasteiger partial charge in [-0.15, -0.1) is 0 Å². The van der Waals surface area contributed by atoms with E-state index >= 15 is 0 Å². The molecule has 0 aliphatic carbocycles. The third kappa shape index (κ3) is 4.32. The molecule has 0 aliphatic heterocycles. The Balaban J connectivity index is 2.48. The highest BCUT2D eigenvalue weighted by Gasteiger charge is 2.00. The quantitative estimate of drug-likeness (QED) is 0.749. The lowest BCUT2D eigenvalue weighted by atomic mass is 10.1. The van der Waals surface area contributed by atoms with Crippen LogP contribution in [0.1, 0.15) is 12.5 Å². The first-order valence-corrected chi connectivity index (χ1v) is 5.21. The summed E-state index contributed by atoms with van der Waals surface area (Å²) >= 11 is 0. The molecule has 0 amide bonds. The Kier molecular flexibility index (Phi) is 5.15. The second kappa shape index (κ2) is 6.43. The Morgan fingerprint density at radius 3 is 2.53 bits per heavy atom. The molecule has 1 aromatic rings. The van der Waals surface area contributed by atoms with E-state index < -0.39 is 0 Å². The average Bonchev–Trinajstić information content (AvgIpc) is 2.22. The van der Waals surface area contributed by atoms with Crippen molar-refractivity contribution in [2.24, 2.45) is 0 Å². The van der Waals surface area contributed by atoms with Crippen molar-refractivity contribution < 1.29 is 9.84 Å². The van der Waals surface area contributed by atoms with Crippen LogP contribution in [0.2, 0.25) is 0 Å². The molecule has 0 aromatic heterocycles. The second-order valence-electron chi connectivity index (χ2n) is 3.67. The van der Waals surface area contributed by atoms with Crippen molar-refractivity contribution >= 4 is 5.69 Å². The Labute approximate surface area is 91.1 Å². The maximum absolute atomic E-state index is 8.77. The zero-order valence-electron chi connectivity index (χ0n) is 9.36. The highest BCUT2D eigenvalue weighted by Crippen LogP contribution is 2.11. The summed E-state index contributed by atoms with van der Waals surface area (Å²) in [7, 11) is 1.70. The van der Waals surface area contributed by atoms with Gasteiger partial charge in [0.1, 0.15) is 0 Å². The van der Waals surface area contributed by atoms with Gasteiger partial charge in [0.25, 0.3) is 0 Å². The molecule has 0 fully saturated rings. The molecular weight excluding hydrogens is 190 g/mol. The van der Waals surface area contributed by atoms with Crippen molar-refractivity contribution in [3.8, 4) is 0 Å². The lowest BCUT2D eigenvalue weighted by molar-refractivity contribution is 0.190. The topological polar surface area (TPSA) is 41.5 Å². The van der Waals surface area contributed by atoms with Crippen molar-refractivity contribution in [2.45, 2.75) is 19.4 Å². The molecule has 0 saturated carbocycles. The molecule has 0 radical (unpaired) electrons. The number of methoxy groups -OCH3 is 1. The standard InChI is InChI=1S/C12H19NO2/c1-10(9-15-2)13-12-5-3-11(4-6-12)7-8-14/h3-6,10,13-14H,7-9H2,1-2H3/t10-/m1/s1. The van der Waals surface area contributed by atoms with Crippen LogP contribution < -0.4 is 5.32 Å². The lowest BCUT2D eigenvalue weighted by Gasteiger charge is -2.14. The first-order chi connectivity index (χ1) is 7.26. The van der Waals surface area contributed by atoms with E-state index in [4.69, 9.17) is 9.84 Å². The molecule has 0 bridgehead atoms. The fraction of sp³-hybridized carbons (Fsp3) is 0.500. The van der Waals surface area contributed by atoms with Gasteiger partial charge in [0.05, 0.1) is 6.61 Å². The fourth-order valence-electron chi connectivity index (χ4n) is 1.47. The SMILES string of the molecule is COC[C@@H](C)Nc1ccc(CCO)cc1. The summed E-state index contributed by atoms with van der Waals surface area (Å²) in [6.45, 7) is 2.97. The van der Waals surface area contributed by atoms with E-state index in [1.165, 1.54) is 0 Å². The zero-order chi connectivity index (χ0) is 11.1. The van der Waals surface area contributed by atoms with Gasteiger partial charge in [-0.3, -0.25) is 0 Å². The molecule has 0 unspecified atom stereocenters. The minimum Gasteiger partial charge on any atom is -0.396 e. The molecule has 1 aromatic carbocycles. The molecule has 3 heteroatoms. The van der Waals surface area contributed by atoms with Gasteiger partial charge in [-0.25, -0.2) is 0 Å². The van der Waals surface area contributed by atoms with Crippen LogP contribution >= 0.6 is 0 Å². The van der Waals surface area contributed by atoms with Crippen molar-refractivity contribution in [3.63, 3.8) is 0 Å². The molecule has 0 aliphatic rings. The van der Waals surface area contributed by atoms with Crippen LogP contribution in [0.3, 0.4) is 0 Å². The minimum atomic E-state index is 0.201. The highest BCUT2D eigenvalue weighted by atomic mass is 16.5. The van der Waals surface area contributed by atoms with Crippen LogP contribution in [0, 0.1) is 0 Å². The summed E-state index contributed by atoms with van der Waals surface area (Å²) < 4.78 is 5.04. The lowest BCUT2D eigenvalue weighted by Crippen LogP contribution is -2.20. The van der Waals surface area contributed by atoms with Crippen LogP contribution in [-0.2, 0) is 11.2 Å².